The van der Waals surface area contributed by atoms with Gasteiger partial charge in [0.2, 0.25) is 0 Å². The zero-order valence-electron chi connectivity index (χ0n) is 9.13. The van der Waals surface area contributed by atoms with Crippen LogP contribution in [0, 0.1) is 18.6 Å². The first-order chi connectivity index (χ1) is 8.43. The van der Waals surface area contributed by atoms with Crippen molar-refractivity contribution in [3.05, 3.63) is 61.4 Å². The van der Waals surface area contributed by atoms with Crippen LogP contribution in [0.1, 0.15) is 5.56 Å². The smallest absolute Gasteiger partial charge is 0.297 e. The minimum absolute atomic E-state index is 0.00100. The molecule has 0 radical (unpaired) electrons. The van der Waals surface area contributed by atoms with Gasteiger partial charge in [-0.15, -0.1) is 0 Å². The Kier molecular flexibility index (Phi) is 3.04. The average molecular weight is 273 g/mol. The molecule has 1 heterocycles. The Morgan fingerprint density at radius 1 is 1.22 bits per heavy atom. The fourth-order valence-corrected chi connectivity index (χ4v) is 1.66. The molecule has 0 bridgehead atoms. The molecular weight excluding hydrogens is 266 g/mol. The van der Waals surface area contributed by atoms with Crippen LogP contribution < -0.4 is 11.2 Å². The van der Waals surface area contributed by atoms with Gasteiger partial charge < -0.3 is 0 Å². The van der Waals surface area contributed by atoms with Gasteiger partial charge in [0.05, 0.1) is 5.56 Å². The average Bonchev–Trinajstić information content (AvgIpc) is 2.30. The van der Waals surface area contributed by atoms with Gasteiger partial charge in [0.25, 0.3) is 5.56 Å². The largest absolute Gasteiger partial charge is 0.334 e. The molecule has 0 spiro atoms. The maximum atomic E-state index is 13.5. The second kappa shape index (κ2) is 4.38. The normalized spacial score (nSPS) is 10.7. The molecule has 2 rings (SSSR count). The molecule has 0 saturated carbocycles. The van der Waals surface area contributed by atoms with Crippen molar-refractivity contribution in [2.24, 2.45) is 0 Å². The highest BCUT2D eigenvalue weighted by molar-refractivity contribution is 6.30. The van der Waals surface area contributed by atoms with Crippen molar-refractivity contribution in [1.29, 1.82) is 0 Å². The number of hydrogen-bond donors (Lipinski definition) is 1. The number of nitrogens with zero attached hydrogens (tertiary/aromatic N) is 1. The molecule has 0 aliphatic carbocycles. The molecule has 0 unspecified atom stereocenters. The standard InChI is InChI=1S/C11H7ClF2N2O2/c1-5-9(12)15-11(18)16(10(5)17)8-6(13)3-2-4-7(8)14/h2-4H,1H3,(H,15,18). The van der Waals surface area contributed by atoms with Crippen molar-refractivity contribution in [2.75, 3.05) is 0 Å². The summed E-state index contributed by atoms with van der Waals surface area (Å²) in [5.41, 5.74) is -2.59. The van der Waals surface area contributed by atoms with Gasteiger partial charge in [0.1, 0.15) is 22.5 Å². The Bertz CT molecular complexity index is 717. The summed E-state index contributed by atoms with van der Waals surface area (Å²) in [5, 5.41) is -0.155. The number of benzene rings is 1. The van der Waals surface area contributed by atoms with Crippen LogP contribution in [0.3, 0.4) is 0 Å². The van der Waals surface area contributed by atoms with Gasteiger partial charge in [0.15, 0.2) is 0 Å². The molecule has 18 heavy (non-hydrogen) atoms. The lowest BCUT2D eigenvalue weighted by Crippen LogP contribution is -2.36. The van der Waals surface area contributed by atoms with Crippen molar-refractivity contribution in [1.82, 2.24) is 9.55 Å². The van der Waals surface area contributed by atoms with Gasteiger partial charge in [-0.25, -0.2) is 18.1 Å². The zero-order valence-corrected chi connectivity index (χ0v) is 9.89. The quantitative estimate of drug-likeness (QED) is 0.805. The topological polar surface area (TPSA) is 54.9 Å². The second-order valence-electron chi connectivity index (χ2n) is 3.58. The van der Waals surface area contributed by atoms with Crippen LogP contribution >= 0.6 is 11.6 Å². The first-order valence-electron chi connectivity index (χ1n) is 4.89. The summed E-state index contributed by atoms with van der Waals surface area (Å²) >= 11 is 5.60. The van der Waals surface area contributed by atoms with Crippen LogP contribution in [0.4, 0.5) is 8.78 Å². The summed E-state index contributed by atoms with van der Waals surface area (Å²) < 4.78 is 27.5. The molecule has 94 valence electrons. The third-order valence-electron chi connectivity index (χ3n) is 2.43. The third kappa shape index (κ3) is 1.84. The van der Waals surface area contributed by atoms with Crippen LogP contribution in [-0.2, 0) is 0 Å². The van der Waals surface area contributed by atoms with Crippen LogP contribution in [0.15, 0.2) is 27.8 Å². The molecule has 0 saturated heterocycles. The highest BCUT2D eigenvalue weighted by atomic mass is 35.5. The molecule has 0 atom stereocenters. The Morgan fingerprint density at radius 3 is 2.33 bits per heavy atom. The fourth-order valence-electron chi connectivity index (χ4n) is 1.50. The lowest BCUT2D eigenvalue weighted by molar-refractivity contribution is 0.561. The molecule has 1 aromatic carbocycles. The predicted octanol–water partition coefficient (Wildman–Crippen LogP) is 1.77. The molecule has 0 aliphatic rings. The summed E-state index contributed by atoms with van der Waals surface area (Å²) in [5.74, 6) is -2.02. The lowest BCUT2D eigenvalue weighted by atomic mass is 10.2. The number of aromatic amines is 1. The first kappa shape index (κ1) is 12.5. The summed E-state index contributed by atoms with van der Waals surface area (Å²) in [7, 11) is 0. The fraction of sp³-hybridized carbons (Fsp3) is 0.0909. The number of aromatic nitrogens is 2. The molecular formula is C11H7ClF2N2O2. The van der Waals surface area contributed by atoms with E-state index in [4.69, 9.17) is 11.6 Å². The van der Waals surface area contributed by atoms with E-state index in [-0.39, 0.29) is 10.7 Å². The number of hydrogen-bond acceptors (Lipinski definition) is 2. The summed E-state index contributed by atoms with van der Waals surface area (Å²) in [6, 6.07) is 3.04. The number of H-pyrrole nitrogens is 1. The van der Waals surface area contributed by atoms with Crippen LogP contribution in [0.2, 0.25) is 5.15 Å². The van der Waals surface area contributed by atoms with E-state index in [1.54, 1.807) is 0 Å². The number of para-hydroxylation sites is 1. The van der Waals surface area contributed by atoms with Gasteiger partial charge in [-0.1, -0.05) is 17.7 Å². The summed E-state index contributed by atoms with van der Waals surface area (Å²) in [6.45, 7) is 1.34. The van der Waals surface area contributed by atoms with E-state index in [2.05, 4.69) is 4.98 Å². The van der Waals surface area contributed by atoms with E-state index in [0.717, 1.165) is 18.2 Å². The first-order valence-corrected chi connectivity index (χ1v) is 5.27. The SMILES string of the molecule is Cc1c(Cl)[nH]c(=O)n(-c2c(F)cccc2F)c1=O. The molecule has 0 amide bonds. The second-order valence-corrected chi connectivity index (χ2v) is 3.96. The molecule has 2 aromatic rings. The van der Waals surface area contributed by atoms with E-state index < -0.39 is 28.6 Å². The van der Waals surface area contributed by atoms with Crippen LogP contribution in [-0.4, -0.2) is 9.55 Å². The molecule has 1 aromatic heterocycles. The maximum Gasteiger partial charge on any atom is 0.334 e. The highest BCUT2D eigenvalue weighted by Crippen LogP contribution is 2.15. The number of halogens is 3. The van der Waals surface area contributed by atoms with Crippen LogP contribution in [0.5, 0.6) is 0 Å². The highest BCUT2D eigenvalue weighted by Gasteiger charge is 2.17. The Balaban J connectivity index is 2.94. The van der Waals surface area contributed by atoms with Gasteiger partial charge >= 0.3 is 5.69 Å². The van der Waals surface area contributed by atoms with Crippen LogP contribution in [0.25, 0.3) is 5.69 Å². The van der Waals surface area contributed by atoms with Crippen molar-refractivity contribution in [3.63, 3.8) is 0 Å². The molecule has 0 fully saturated rings. The molecule has 4 nitrogen and oxygen atoms in total. The Morgan fingerprint density at radius 2 is 1.78 bits per heavy atom. The lowest BCUT2D eigenvalue weighted by Gasteiger charge is -2.08. The predicted molar refractivity (Wildman–Crippen MR) is 62.3 cm³/mol. The van der Waals surface area contributed by atoms with E-state index in [0.29, 0.717) is 4.57 Å². The van der Waals surface area contributed by atoms with E-state index >= 15 is 0 Å². The summed E-state index contributed by atoms with van der Waals surface area (Å²) in [4.78, 5) is 25.6. The van der Waals surface area contributed by atoms with Crippen molar-refractivity contribution < 1.29 is 8.78 Å². The maximum absolute atomic E-state index is 13.5. The minimum Gasteiger partial charge on any atom is -0.297 e. The molecule has 0 aliphatic heterocycles. The zero-order chi connectivity index (χ0) is 13.4. The van der Waals surface area contributed by atoms with E-state index in [1.807, 2.05) is 0 Å². The van der Waals surface area contributed by atoms with Gasteiger partial charge in [-0.2, -0.15) is 0 Å². The number of nitrogens with one attached hydrogen (secondary N) is 1. The Hall–Kier alpha value is -1.95. The monoisotopic (exact) mass is 272 g/mol. The number of rotatable bonds is 1. The van der Waals surface area contributed by atoms with Gasteiger partial charge in [-0.3, -0.25) is 9.78 Å². The van der Waals surface area contributed by atoms with E-state index in [1.165, 1.54) is 6.92 Å². The van der Waals surface area contributed by atoms with Crippen molar-refractivity contribution in [3.8, 4) is 5.69 Å². The van der Waals surface area contributed by atoms with Gasteiger partial charge in [0, 0.05) is 0 Å². The summed E-state index contributed by atoms with van der Waals surface area (Å²) in [6.07, 6.45) is 0. The molecule has 1 N–H and O–H groups in total. The van der Waals surface area contributed by atoms with Gasteiger partial charge in [-0.05, 0) is 19.1 Å². The third-order valence-corrected chi connectivity index (χ3v) is 2.81. The van der Waals surface area contributed by atoms with Crippen molar-refractivity contribution >= 4 is 11.6 Å². The van der Waals surface area contributed by atoms with E-state index in [9.17, 15) is 18.4 Å². The van der Waals surface area contributed by atoms with Crippen molar-refractivity contribution in [2.45, 2.75) is 6.92 Å². The Labute approximate surface area is 104 Å². The minimum atomic E-state index is -1.01. The molecule has 7 heteroatoms.